The molecule has 2 atom stereocenters. The summed E-state index contributed by atoms with van der Waals surface area (Å²) in [6, 6.07) is 12.8. The van der Waals surface area contributed by atoms with Crippen LogP contribution in [-0.2, 0) is 21.7 Å². The third-order valence-electron chi connectivity index (χ3n) is 8.34. The van der Waals surface area contributed by atoms with Gasteiger partial charge in [-0.15, -0.1) is 0 Å². The molecule has 4 aliphatic rings. The minimum atomic E-state index is -0.300. The Morgan fingerprint density at radius 2 is 2.00 bits per heavy atom. The van der Waals surface area contributed by atoms with Crippen LogP contribution in [0.2, 0.25) is 0 Å². The predicted molar refractivity (Wildman–Crippen MR) is 149 cm³/mol. The molecule has 0 radical (unpaired) electrons. The van der Waals surface area contributed by atoms with Gasteiger partial charge in [-0.25, -0.2) is 0 Å². The smallest absolute Gasteiger partial charge is 0.163 e. The molecular weight excluding hydrogens is 477 g/mol. The number of morpholine rings is 1. The summed E-state index contributed by atoms with van der Waals surface area (Å²) in [7, 11) is 1.96. The van der Waals surface area contributed by atoms with E-state index in [2.05, 4.69) is 50.9 Å². The standard InChI is InChI=1S/C28H32BN7O2/c1-17-9-36(24-4-2-18(7-30)26-23(24)3-5-25(29)33-26)13-22(38-17)12-34-15-28(16-34)27-19(14-37-28)6-21(8-32-27)35-10-20(31)11-35/h2-6,8,17,20,22H,9-16,29,31H2,1H3/t17-,22+/m1/s1. The number of anilines is 2. The van der Waals surface area contributed by atoms with Crippen LogP contribution in [0.3, 0.4) is 0 Å². The molecule has 2 aromatic heterocycles. The summed E-state index contributed by atoms with van der Waals surface area (Å²) in [6.45, 7) is 8.64. The Bertz CT molecular complexity index is 1450. The molecule has 6 heterocycles. The van der Waals surface area contributed by atoms with Gasteiger partial charge in [-0.2, -0.15) is 5.26 Å². The number of hydrogen-bond acceptors (Lipinski definition) is 9. The van der Waals surface area contributed by atoms with Crippen molar-refractivity contribution in [1.29, 1.82) is 5.26 Å². The highest BCUT2D eigenvalue weighted by molar-refractivity contribution is 6.31. The molecule has 0 amide bonds. The summed E-state index contributed by atoms with van der Waals surface area (Å²) in [5.41, 5.74) is 12.5. The van der Waals surface area contributed by atoms with Crippen LogP contribution < -0.4 is 21.1 Å². The molecule has 38 heavy (non-hydrogen) atoms. The third kappa shape index (κ3) is 3.93. The second-order valence-corrected chi connectivity index (χ2v) is 11.4. The highest BCUT2D eigenvalue weighted by Gasteiger charge is 2.52. The summed E-state index contributed by atoms with van der Waals surface area (Å²) < 4.78 is 12.7. The third-order valence-corrected chi connectivity index (χ3v) is 8.34. The quantitative estimate of drug-likeness (QED) is 0.496. The maximum atomic E-state index is 9.60. The first-order chi connectivity index (χ1) is 18.4. The molecule has 3 saturated heterocycles. The van der Waals surface area contributed by atoms with Crippen LogP contribution in [0.15, 0.2) is 36.5 Å². The Labute approximate surface area is 223 Å². The van der Waals surface area contributed by atoms with E-state index < -0.39 is 0 Å². The van der Waals surface area contributed by atoms with Crippen LogP contribution in [0, 0.1) is 11.3 Å². The van der Waals surface area contributed by atoms with Crippen LogP contribution in [0.4, 0.5) is 11.4 Å². The van der Waals surface area contributed by atoms with Gasteiger partial charge in [-0.3, -0.25) is 14.9 Å². The summed E-state index contributed by atoms with van der Waals surface area (Å²) in [5, 5.41) is 10.6. The summed E-state index contributed by atoms with van der Waals surface area (Å²) in [4.78, 5) is 16.6. The fourth-order valence-electron chi connectivity index (χ4n) is 6.54. The average molecular weight is 509 g/mol. The van der Waals surface area contributed by atoms with Crippen molar-refractivity contribution in [3.05, 3.63) is 53.3 Å². The van der Waals surface area contributed by atoms with E-state index >= 15 is 0 Å². The minimum absolute atomic E-state index is 0.0760. The molecule has 3 aromatic rings. The monoisotopic (exact) mass is 509 g/mol. The predicted octanol–water partition coefficient (Wildman–Crippen LogP) is 0.242. The van der Waals surface area contributed by atoms with E-state index in [0.29, 0.717) is 12.2 Å². The Morgan fingerprint density at radius 1 is 1.16 bits per heavy atom. The van der Waals surface area contributed by atoms with Crippen molar-refractivity contribution in [1.82, 2.24) is 14.9 Å². The molecule has 0 unspecified atom stereocenters. The van der Waals surface area contributed by atoms with E-state index in [9.17, 15) is 5.26 Å². The molecule has 194 valence electrons. The Kier molecular flexibility index (Phi) is 5.60. The second-order valence-electron chi connectivity index (χ2n) is 11.4. The topological polar surface area (TPSA) is 104 Å². The lowest BCUT2D eigenvalue weighted by atomic mass is 9.88. The van der Waals surface area contributed by atoms with Crippen molar-refractivity contribution in [2.24, 2.45) is 5.73 Å². The van der Waals surface area contributed by atoms with Crippen LogP contribution in [-0.4, -0.2) is 86.8 Å². The van der Waals surface area contributed by atoms with Gasteiger partial charge in [-0.1, -0.05) is 6.07 Å². The molecule has 1 spiro atoms. The normalized spacial score (nSPS) is 24.8. The van der Waals surface area contributed by atoms with E-state index in [0.717, 1.165) is 79.4 Å². The Balaban J connectivity index is 1.04. The molecule has 0 bridgehead atoms. The molecule has 1 aromatic carbocycles. The largest absolute Gasteiger partial charge is 0.370 e. The molecule has 2 N–H and O–H groups in total. The van der Waals surface area contributed by atoms with Gasteiger partial charge in [-0.05, 0) is 36.8 Å². The van der Waals surface area contributed by atoms with Crippen molar-refractivity contribution in [2.75, 3.05) is 55.6 Å². The number of benzene rings is 1. The second kappa shape index (κ2) is 8.92. The number of nitrogens with two attached hydrogens (primary N) is 1. The van der Waals surface area contributed by atoms with Gasteiger partial charge in [0, 0.05) is 68.5 Å². The van der Waals surface area contributed by atoms with Crippen LogP contribution in [0.1, 0.15) is 23.7 Å². The number of aromatic nitrogens is 2. The van der Waals surface area contributed by atoms with Crippen LogP contribution >= 0.6 is 0 Å². The average Bonchev–Trinajstić information content (AvgIpc) is 3.24. The van der Waals surface area contributed by atoms with E-state index in [1.54, 1.807) is 0 Å². The molecule has 7 rings (SSSR count). The number of nitriles is 1. The molecule has 4 aliphatic heterocycles. The summed E-state index contributed by atoms with van der Waals surface area (Å²) in [6.07, 6.45) is 2.16. The van der Waals surface area contributed by atoms with Gasteiger partial charge in [0.2, 0.25) is 0 Å². The Morgan fingerprint density at radius 3 is 2.79 bits per heavy atom. The van der Waals surface area contributed by atoms with Crippen molar-refractivity contribution in [2.45, 2.75) is 37.4 Å². The lowest BCUT2D eigenvalue weighted by Gasteiger charge is -2.49. The maximum absolute atomic E-state index is 9.60. The highest BCUT2D eigenvalue weighted by Crippen LogP contribution is 2.43. The molecular formula is C28H32BN7O2. The number of hydrogen-bond donors (Lipinski definition) is 1. The van der Waals surface area contributed by atoms with Gasteiger partial charge in [0.1, 0.15) is 11.7 Å². The molecule has 0 aliphatic carbocycles. The number of likely N-dealkylation sites (tertiary alicyclic amines) is 1. The summed E-state index contributed by atoms with van der Waals surface area (Å²) >= 11 is 0. The fraction of sp³-hybridized carbons (Fsp3) is 0.464. The molecule has 3 fully saturated rings. The lowest BCUT2D eigenvalue weighted by molar-refractivity contribution is -0.157. The zero-order valence-corrected chi connectivity index (χ0v) is 21.9. The van der Waals surface area contributed by atoms with Gasteiger partial charge in [0.05, 0.1) is 47.5 Å². The number of fused-ring (bicyclic) bond motifs is 3. The summed E-state index contributed by atoms with van der Waals surface area (Å²) in [5.74, 6) is 0. The van der Waals surface area contributed by atoms with E-state index in [4.69, 9.17) is 20.2 Å². The fourth-order valence-corrected chi connectivity index (χ4v) is 6.54. The zero-order valence-electron chi connectivity index (χ0n) is 21.9. The van der Waals surface area contributed by atoms with Gasteiger partial charge in [0.25, 0.3) is 0 Å². The number of rotatable bonds is 4. The van der Waals surface area contributed by atoms with E-state index in [1.807, 2.05) is 26.2 Å². The minimum Gasteiger partial charge on any atom is -0.370 e. The molecule has 0 saturated carbocycles. The van der Waals surface area contributed by atoms with Crippen molar-refractivity contribution in [3.63, 3.8) is 0 Å². The zero-order chi connectivity index (χ0) is 26.0. The number of ether oxygens (including phenoxy) is 2. The van der Waals surface area contributed by atoms with Crippen molar-refractivity contribution >= 4 is 35.7 Å². The SMILES string of the molecule is Bc1ccc2c(N3C[C@H](CN4CC5(C4)OCc4cc(N6CC(N)C6)cnc45)O[C@H](C)C3)ccc(C#N)c2n1. The van der Waals surface area contributed by atoms with Crippen LogP contribution in [0.25, 0.3) is 10.9 Å². The molecule has 10 heteroatoms. The lowest BCUT2D eigenvalue weighted by Crippen LogP contribution is -2.62. The van der Waals surface area contributed by atoms with E-state index in [1.165, 1.54) is 5.56 Å². The Hall–Kier alpha value is -3.23. The van der Waals surface area contributed by atoms with Gasteiger partial charge >= 0.3 is 0 Å². The number of nitrogens with zero attached hydrogens (tertiary/aromatic N) is 6. The van der Waals surface area contributed by atoms with Crippen LogP contribution in [0.5, 0.6) is 0 Å². The van der Waals surface area contributed by atoms with Gasteiger partial charge in [0.15, 0.2) is 7.85 Å². The number of pyridine rings is 2. The maximum Gasteiger partial charge on any atom is 0.163 e. The first-order valence-electron chi connectivity index (χ1n) is 13.5. The molecule has 9 nitrogen and oxygen atoms in total. The van der Waals surface area contributed by atoms with Gasteiger partial charge < -0.3 is 25.0 Å². The van der Waals surface area contributed by atoms with Crippen molar-refractivity contribution < 1.29 is 9.47 Å². The van der Waals surface area contributed by atoms with Crippen molar-refractivity contribution in [3.8, 4) is 6.07 Å². The first kappa shape index (κ1) is 23.9. The highest BCUT2D eigenvalue weighted by atomic mass is 16.5. The van der Waals surface area contributed by atoms with E-state index in [-0.39, 0.29) is 23.9 Å². The first-order valence-corrected chi connectivity index (χ1v) is 13.5.